The van der Waals surface area contributed by atoms with E-state index in [4.69, 9.17) is 0 Å². The van der Waals surface area contributed by atoms with Crippen molar-refractivity contribution in [1.82, 2.24) is 4.31 Å². The summed E-state index contributed by atoms with van der Waals surface area (Å²) in [5.41, 5.74) is 0. The lowest BCUT2D eigenvalue weighted by molar-refractivity contribution is -0.126. The highest BCUT2D eigenvalue weighted by Crippen LogP contribution is 2.20. The van der Waals surface area contributed by atoms with Gasteiger partial charge >= 0.3 is 0 Å². The summed E-state index contributed by atoms with van der Waals surface area (Å²) in [7, 11) is -3.68. The molecular weight excluding hydrogens is 262 g/mol. The number of amides is 1. The summed E-state index contributed by atoms with van der Waals surface area (Å²) in [5.74, 6) is -0.272. The van der Waals surface area contributed by atoms with Crippen molar-refractivity contribution in [1.29, 1.82) is 0 Å². The normalized spacial score (nSPS) is 18.5. The van der Waals surface area contributed by atoms with Gasteiger partial charge in [0.25, 0.3) is 10.0 Å². The SMILES string of the molecule is O=C1CCCCCCCN1S(=O)(=O)c1ccccc1. The Morgan fingerprint density at radius 3 is 2.26 bits per heavy atom. The maximum absolute atomic E-state index is 12.5. The molecule has 1 aliphatic heterocycles. The van der Waals surface area contributed by atoms with Crippen LogP contribution < -0.4 is 0 Å². The Bertz CT molecular complexity index is 525. The van der Waals surface area contributed by atoms with Gasteiger partial charge in [-0.1, -0.05) is 37.5 Å². The van der Waals surface area contributed by atoms with Crippen LogP contribution in [-0.4, -0.2) is 25.2 Å². The first kappa shape index (κ1) is 14.1. The molecule has 0 spiro atoms. The van der Waals surface area contributed by atoms with Crippen molar-refractivity contribution in [2.24, 2.45) is 0 Å². The van der Waals surface area contributed by atoms with Crippen molar-refractivity contribution >= 4 is 15.9 Å². The van der Waals surface area contributed by atoms with Gasteiger partial charge in [-0.25, -0.2) is 12.7 Å². The molecule has 0 atom stereocenters. The van der Waals surface area contributed by atoms with Crippen LogP contribution in [0.15, 0.2) is 35.2 Å². The summed E-state index contributed by atoms with van der Waals surface area (Å²) in [6, 6.07) is 8.19. The van der Waals surface area contributed by atoms with Crippen LogP contribution in [0.2, 0.25) is 0 Å². The van der Waals surface area contributed by atoms with Crippen LogP contribution in [0.3, 0.4) is 0 Å². The van der Waals surface area contributed by atoms with Crippen molar-refractivity contribution in [3.8, 4) is 0 Å². The quantitative estimate of drug-likeness (QED) is 0.837. The molecule has 1 aliphatic rings. The molecule has 19 heavy (non-hydrogen) atoms. The average Bonchev–Trinajstić information content (AvgIpc) is 2.52. The van der Waals surface area contributed by atoms with E-state index in [1.807, 2.05) is 0 Å². The monoisotopic (exact) mass is 281 g/mol. The fraction of sp³-hybridized carbons (Fsp3) is 0.500. The van der Waals surface area contributed by atoms with E-state index < -0.39 is 10.0 Å². The van der Waals surface area contributed by atoms with E-state index in [0.717, 1.165) is 36.4 Å². The van der Waals surface area contributed by atoms with E-state index in [0.29, 0.717) is 13.0 Å². The van der Waals surface area contributed by atoms with Gasteiger partial charge < -0.3 is 0 Å². The zero-order valence-corrected chi connectivity index (χ0v) is 11.7. The lowest BCUT2D eigenvalue weighted by Crippen LogP contribution is -2.37. The molecule has 0 aromatic heterocycles. The second-order valence-corrected chi connectivity index (χ2v) is 6.66. The first-order chi connectivity index (χ1) is 9.12. The topological polar surface area (TPSA) is 54.5 Å². The molecule has 5 heteroatoms. The summed E-state index contributed by atoms with van der Waals surface area (Å²) in [6.45, 7) is 0.302. The van der Waals surface area contributed by atoms with Crippen molar-refractivity contribution in [2.75, 3.05) is 6.54 Å². The van der Waals surface area contributed by atoms with Gasteiger partial charge in [0.15, 0.2) is 0 Å². The minimum absolute atomic E-state index is 0.197. The lowest BCUT2D eigenvalue weighted by atomic mass is 10.1. The fourth-order valence-corrected chi connectivity index (χ4v) is 3.77. The molecule has 2 rings (SSSR count). The minimum Gasteiger partial charge on any atom is -0.274 e. The summed E-state index contributed by atoms with van der Waals surface area (Å²) in [6.07, 6.45) is 4.91. The molecule has 1 heterocycles. The Morgan fingerprint density at radius 1 is 0.895 bits per heavy atom. The Labute approximate surface area is 114 Å². The Balaban J connectivity index is 2.28. The smallest absolute Gasteiger partial charge is 0.266 e. The molecule has 1 aromatic carbocycles. The minimum atomic E-state index is -3.68. The summed E-state index contributed by atoms with van der Waals surface area (Å²) in [4.78, 5) is 12.3. The Kier molecular flexibility index (Phi) is 4.58. The zero-order valence-electron chi connectivity index (χ0n) is 10.9. The molecule has 0 bridgehead atoms. The summed E-state index contributed by atoms with van der Waals surface area (Å²) >= 11 is 0. The third-order valence-electron chi connectivity index (χ3n) is 3.36. The lowest BCUT2D eigenvalue weighted by Gasteiger charge is -2.21. The van der Waals surface area contributed by atoms with Gasteiger partial charge in [-0.2, -0.15) is 0 Å². The van der Waals surface area contributed by atoms with Crippen molar-refractivity contribution < 1.29 is 13.2 Å². The van der Waals surface area contributed by atoms with E-state index in [1.165, 1.54) is 12.1 Å². The van der Waals surface area contributed by atoms with Gasteiger partial charge in [-0.3, -0.25) is 4.79 Å². The third-order valence-corrected chi connectivity index (χ3v) is 5.20. The predicted octanol–water partition coefficient (Wildman–Crippen LogP) is 2.56. The standard InChI is InChI=1S/C14H19NO3S/c16-14-11-7-2-1-3-8-12-15(14)19(17,18)13-9-5-4-6-10-13/h4-6,9-10H,1-3,7-8,11-12H2. The number of rotatable bonds is 2. The maximum atomic E-state index is 12.5. The van der Waals surface area contributed by atoms with E-state index in [-0.39, 0.29) is 10.8 Å². The van der Waals surface area contributed by atoms with E-state index >= 15 is 0 Å². The highest BCUT2D eigenvalue weighted by molar-refractivity contribution is 7.89. The largest absolute Gasteiger partial charge is 0.274 e. The number of hydrogen-bond donors (Lipinski definition) is 0. The van der Waals surface area contributed by atoms with Crippen LogP contribution in [-0.2, 0) is 14.8 Å². The molecule has 0 radical (unpaired) electrons. The molecular formula is C14H19NO3S. The molecule has 0 unspecified atom stereocenters. The Hall–Kier alpha value is -1.36. The van der Waals surface area contributed by atoms with Gasteiger partial charge in [0, 0.05) is 13.0 Å². The number of carbonyl (C=O) groups excluding carboxylic acids is 1. The van der Waals surface area contributed by atoms with Gasteiger partial charge in [0.2, 0.25) is 5.91 Å². The third kappa shape index (κ3) is 3.35. The molecule has 1 aromatic rings. The van der Waals surface area contributed by atoms with Crippen LogP contribution in [0.4, 0.5) is 0 Å². The molecule has 1 fully saturated rings. The van der Waals surface area contributed by atoms with Crippen LogP contribution >= 0.6 is 0 Å². The molecule has 0 N–H and O–H groups in total. The predicted molar refractivity (Wildman–Crippen MR) is 73.0 cm³/mol. The highest BCUT2D eigenvalue weighted by Gasteiger charge is 2.28. The van der Waals surface area contributed by atoms with E-state index in [9.17, 15) is 13.2 Å². The van der Waals surface area contributed by atoms with Crippen LogP contribution in [0.25, 0.3) is 0 Å². The fourth-order valence-electron chi connectivity index (χ4n) is 2.29. The number of benzene rings is 1. The van der Waals surface area contributed by atoms with Crippen LogP contribution in [0, 0.1) is 0 Å². The summed E-state index contributed by atoms with van der Waals surface area (Å²) < 4.78 is 26.0. The van der Waals surface area contributed by atoms with Gasteiger partial charge in [0.05, 0.1) is 4.90 Å². The van der Waals surface area contributed by atoms with Gasteiger partial charge in [0.1, 0.15) is 0 Å². The van der Waals surface area contributed by atoms with Gasteiger partial charge in [-0.15, -0.1) is 0 Å². The Morgan fingerprint density at radius 2 is 1.53 bits per heavy atom. The number of sulfonamides is 1. The highest BCUT2D eigenvalue weighted by atomic mass is 32.2. The first-order valence-corrected chi connectivity index (χ1v) is 8.17. The van der Waals surface area contributed by atoms with Crippen LogP contribution in [0.1, 0.15) is 38.5 Å². The molecule has 104 valence electrons. The van der Waals surface area contributed by atoms with Crippen molar-refractivity contribution in [2.45, 2.75) is 43.4 Å². The molecule has 1 amide bonds. The molecule has 0 aliphatic carbocycles. The van der Waals surface area contributed by atoms with Crippen molar-refractivity contribution in [3.63, 3.8) is 0 Å². The number of carbonyl (C=O) groups is 1. The number of nitrogens with zero attached hydrogens (tertiary/aromatic N) is 1. The average molecular weight is 281 g/mol. The zero-order chi connectivity index (χ0) is 13.7. The van der Waals surface area contributed by atoms with Gasteiger partial charge in [-0.05, 0) is 25.0 Å². The van der Waals surface area contributed by atoms with Crippen LogP contribution in [0.5, 0.6) is 0 Å². The molecule has 1 saturated heterocycles. The summed E-state index contributed by atoms with van der Waals surface area (Å²) in [5, 5.41) is 0. The number of hydrogen-bond acceptors (Lipinski definition) is 3. The maximum Gasteiger partial charge on any atom is 0.266 e. The molecule has 0 saturated carbocycles. The second-order valence-electron chi connectivity index (χ2n) is 4.80. The second kappa shape index (κ2) is 6.19. The first-order valence-electron chi connectivity index (χ1n) is 6.73. The van der Waals surface area contributed by atoms with E-state index in [2.05, 4.69) is 0 Å². The molecule has 4 nitrogen and oxygen atoms in total. The van der Waals surface area contributed by atoms with E-state index in [1.54, 1.807) is 18.2 Å². The van der Waals surface area contributed by atoms with Crippen molar-refractivity contribution in [3.05, 3.63) is 30.3 Å².